The van der Waals surface area contributed by atoms with Crippen molar-refractivity contribution >= 4 is 0 Å². The minimum absolute atomic E-state index is 0.635. The Kier molecular flexibility index (Phi) is 4.96. The molecule has 1 aliphatic rings. The number of hydrogen-bond acceptors (Lipinski definition) is 3. The summed E-state index contributed by atoms with van der Waals surface area (Å²) in [6, 6.07) is 16.2. The lowest BCUT2D eigenvalue weighted by Gasteiger charge is -2.16. The quantitative estimate of drug-likeness (QED) is 0.873. The fourth-order valence-electron chi connectivity index (χ4n) is 2.90. The Morgan fingerprint density at radius 3 is 2.45 bits per heavy atom. The maximum Gasteiger partial charge on any atom is 0.169 e. The van der Waals surface area contributed by atoms with Gasteiger partial charge in [0.05, 0.1) is 6.61 Å². The van der Waals surface area contributed by atoms with Crippen molar-refractivity contribution in [1.29, 1.82) is 0 Å². The lowest BCUT2D eigenvalue weighted by molar-refractivity contribution is 0.320. The van der Waals surface area contributed by atoms with E-state index < -0.39 is 0 Å². The van der Waals surface area contributed by atoms with E-state index in [2.05, 4.69) is 17.4 Å². The molecule has 2 aromatic carbocycles. The Balaban J connectivity index is 1.80. The van der Waals surface area contributed by atoms with Crippen LogP contribution < -0.4 is 14.8 Å². The van der Waals surface area contributed by atoms with Gasteiger partial charge in [0.2, 0.25) is 0 Å². The highest BCUT2D eigenvalue weighted by Crippen LogP contribution is 2.34. The monoisotopic (exact) mass is 297 g/mol. The summed E-state index contributed by atoms with van der Waals surface area (Å²) in [7, 11) is 0. The topological polar surface area (TPSA) is 30.5 Å². The summed E-state index contributed by atoms with van der Waals surface area (Å²) in [6.07, 6.45) is 2.30. The molecule has 0 aliphatic carbocycles. The van der Waals surface area contributed by atoms with Crippen LogP contribution in [0, 0.1) is 5.92 Å². The molecule has 1 atom stereocenters. The third-order valence-corrected chi connectivity index (χ3v) is 4.01. The molecule has 1 aliphatic heterocycles. The van der Waals surface area contributed by atoms with Crippen molar-refractivity contribution in [2.75, 3.05) is 19.7 Å². The van der Waals surface area contributed by atoms with E-state index >= 15 is 0 Å². The second kappa shape index (κ2) is 7.32. The van der Waals surface area contributed by atoms with Gasteiger partial charge < -0.3 is 14.8 Å². The predicted molar refractivity (Wildman–Crippen MR) is 88.8 cm³/mol. The minimum Gasteiger partial charge on any atom is -0.490 e. The van der Waals surface area contributed by atoms with Gasteiger partial charge in [0.15, 0.2) is 11.5 Å². The van der Waals surface area contributed by atoms with Gasteiger partial charge in [-0.1, -0.05) is 30.3 Å². The SMILES string of the molecule is CCOc1ccccc1Oc1ccccc1CC1CCNC1. The molecule has 0 amide bonds. The van der Waals surface area contributed by atoms with Crippen molar-refractivity contribution in [3.8, 4) is 17.2 Å². The van der Waals surface area contributed by atoms with Gasteiger partial charge in [0.25, 0.3) is 0 Å². The molecule has 0 aromatic heterocycles. The van der Waals surface area contributed by atoms with Crippen LogP contribution in [0.4, 0.5) is 0 Å². The number of hydrogen-bond donors (Lipinski definition) is 1. The highest BCUT2D eigenvalue weighted by Gasteiger charge is 2.17. The summed E-state index contributed by atoms with van der Waals surface area (Å²) in [4.78, 5) is 0. The Morgan fingerprint density at radius 1 is 1.00 bits per heavy atom. The van der Waals surface area contributed by atoms with Crippen molar-refractivity contribution in [1.82, 2.24) is 5.32 Å². The maximum atomic E-state index is 6.16. The summed E-state index contributed by atoms with van der Waals surface area (Å²) in [5.41, 5.74) is 1.27. The molecule has 3 nitrogen and oxygen atoms in total. The lowest BCUT2D eigenvalue weighted by atomic mass is 9.98. The molecule has 0 bridgehead atoms. The van der Waals surface area contributed by atoms with Gasteiger partial charge in [-0.25, -0.2) is 0 Å². The normalized spacial score (nSPS) is 17.4. The number of rotatable bonds is 6. The molecule has 0 spiro atoms. The molecule has 3 heteroatoms. The third kappa shape index (κ3) is 3.60. The van der Waals surface area contributed by atoms with Gasteiger partial charge in [-0.15, -0.1) is 0 Å². The summed E-state index contributed by atoms with van der Waals surface area (Å²) >= 11 is 0. The average molecular weight is 297 g/mol. The first kappa shape index (κ1) is 14.9. The van der Waals surface area contributed by atoms with E-state index in [1.807, 2.05) is 43.3 Å². The smallest absolute Gasteiger partial charge is 0.169 e. The van der Waals surface area contributed by atoms with Gasteiger partial charge in [0, 0.05) is 0 Å². The fourth-order valence-corrected chi connectivity index (χ4v) is 2.90. The van der Waals surface area contributed by atoms with Crippen molar-refractivity contribution in [3.63, 3.8) is 0 Å². The van der Waals surface area contributed by atoms with Gasteiger partial charge in [-0.3, -0.25) is 0 Å². The van der Waals surface area contributed by atoms with E-state index in [9.17, 15) is 0 Å². The number of para-hydroxylation sites is 3. The highest BCUT2D eigenvalue weighted by molar-refractivity contribution is 5.45. The van der Waals surface area contributed by atoms with Gasteiger partial charge in [0.1, 0.15) is 5.75 Å². The summed E-state index contributed by atoms with van der Waals surface area (Å²) in [5, 5.41) is 3.43. The van der Waals surface area contributed by atoms with E-state index in [-0.39, 0.29) is 0 Å². The van der Waals surface area contributed by atoms with Crippen LogP contribution in [0.15, 0.2) is 48.5 Å². The summed E-state index contributed by atoms with van der Waals surface area (Å²) < 4.78 is 11.8. The lowest BCUT2D eigenvalue weighted by Crippen LogP contribution is -2.11. The Morgan fingerprint density at radius 2 is 1.73 bits per heavy atom. The standard InChI is InChI=1S/C19H23NO2/c1-2-21-18-9-5-6-10-19(18)22-17-8-4-3-7-16(17)13-15-11-12-20-14-15/h3-10,15,20H,2,11-14H2,1H3. The maximum absolute atomic E-state index is 6.16. The molecule has 0 saturated carbocycles. The molecular weight excluding hydrogens is 274 g/mol. The molecule has 2 aromatic rings. The van der Waals surface area contributed by atoms with Gasteiger partial charge >= 0.3 is 0 Å². The predicted octanol–water partition coefficient (Wildman–Crippen LogP) is 4.03. The molecule has 1 unspecified atom stereocenters. The Hall–Kier alpha value is -2.00. The number of benzene rings is 2. The summed E-state index contributed by atoms with van der Waals surface area (Å²) in [6.45, 7) is 4.85. The van der Waals surface area contributed by atoms with Crippen LogP contribution in [-0.2, 0) is 6.42 Å². The van der Waals surface area contributed by atoms with Crippen LogP contribution in [0.5, 0.6) is 17.2 Å². The molecule has 1 heterocycles. The highest BCUT2D eigenvalue weighted by atomic mass is 16.5. The zero-order valence-corrected chi connectivity index (χ0v) is 13.0. The van der Waals surface area contributed by atoms with Crippen molar-refractivity contribution in [2.24, 2.45) is 5.92 Å². The molecule has 1 saturated heterocycles. The zero-order chi connectivity index (χ0) is 15.2. The van der Waals surface area contributed by atoms with Crippen molar-refractivity contribution in [3.05, 3.63) is 54.1 Å². The van der Waals surface area contributed by atoms with E-state index in [4.69, 9.17) is 9.47 Å². The zero-order valence-electron chi connectivity index (χ0n) is 13.0. The largest absolute Gasteiger partial charge is 0.490 e. The third-order valence-electron chi connectivity index (χ3n) is 4.01. The first-order valence-corrected chi connectivity index (χ1v) is 8.05. The summed E-state index contributed by atoms with van der Waals surface area (Å²) in [5.74, 6) is 3.21. The Bertz CT molecular complexity index is 606. The van der Waals surface area contributed by atoms with Gasteiger partial charge in [-0.2, -0.15) is 0 Å². The van der Waals surface area contributed by atoms with Crippen LogP contribution in [0.25, 0.3) is 0 Å². The molecule has 0 radical (unpaired) electrons. The number of ether oxygens (including phenoxy) is 2. The average Bonchev–Trinajstić information content (AvgIpc) is 3.04. The van der Waals surface area contributed by atoms with Crippen molar-refractivity contribution < 1.29 is 9.47 Å². The van der Waals surface area contributed by atoms with E-state index in [1.54, 1.807) is 0 Å². The first-order chi connectivity index (χ1) is 10.9. The molecular formula is C19H23NO2. The van der Waals surface area contributed by atoms with Crippen LogP contribution >= 0.6 is 0 Å². The van der Waals surface area contributed by atoms with Crippen LogP contribution in [0.1, 0.15) is 18.9 Å². The van der Waals surface area contributed by atoms with E-state index in [1.165, 1.54) is 12.0 Å². The second-order valence-corrected chi connectivity index (χ2v) is 5.65. The second-order valence-electron chi connectivity index (χ2n) is 5.65. The molecule has 3 rings (SSSR count). The molecule has 1 N–H and O–H groups in total. The van der Waals surface area contributed by atoms with Crippen LogP contribution in [0.2, 0.25) is 0 Å². The molecule has 116 valence electrons. The minimum atomic E-state index is 0.635. The van der Waals surface area contributed by atoms with E-state index in [0.29, 0.717) is 12.5 Å². The fraction of sp³-hybridized carbons (Fsp3) is 0.368. The van der Waals surface area contributed by atoms with Crippen LogP contribution in [0.3, 0.4) is 0 Å². The molecule has 22 heavy (non-hydrogen) atoms. The van der Waals surface area contributed by atoms with Crippen molar-refractivity contribution in [2.45, 2.75) is 19.8 Å². The van der Waals surface area contributed by atoms with Gasteiger partial charge in [-0.05, 0) is 62.5 Å². The van der Waals surface area contributed by atoms with E-state index in [0.717, 1.165) is 36.8 Å². The Labute approximate surface area is 132 Å². The first-order valence-electron chi connectivity index (χ1n) is 8.05. The molecule has 1 fully saturated rings. The number of nitrogens with one attached hydrogen (secondary N) is 1. The van der Waals surface area contributed by atoms with Crippen LogP contribution in [-0.4, -0.2) is 19.7 Å².